The third-order valence-electron chi connectivity index (χ3n) is 14.5. The van der Waals surface area contributed by atoms with Gasteiger partial charge in [0.05, 0.1) is 33.8 Å². The van der Waals surface area contributed by atoms with Crippen LogP contribution in [0, 0.1) is 0 Å². The number of hydrogen-bond donors (Lipinski definition) is 1. The van der Waals surface area contributed by atoms with Gasteiger partial charge in [0.2, 0.25) is 5.91 Å². The zero-order chi connectivity index (χ0) is 56.4. The minimum Gasteiger partial charge on any atom is -0.756 e. The van der Waals surface area contributed by atoms with E-state index in [0.29, 0.717) is 23.9 Å². The Bertz CT molecular complexity index is 1500. The Morgan fingerprint density at radius 2 is 0.844 bits per heavy atom. The Morgan fingerprint density at radius 3 is 1.27 bits per heavy atom. The fraction of sp³-hybridized carbons (Fsp3) is 0.821. The fourth-order valence-electron chi connectivity index (χ4n) is 9.46. The lowest BCUT2D eigenvalue weighted by atomic mass is 10.0. The molecule has 0 saturated carbocycles. The van der Waals surface area contributed by atoms with Crippen LogP contribution in [0.1, 0.15) is 303 Å². The molecule has 0 aromatic rings. The first-order valence-electron chi connectivity index (χ1n) is 32.6. The van der Waals surface area contributed by atoms with Crippen molar-refractivity contribution in [3.05, 3.63) is 60.8 Å². The highest BCUT2D eigenvalue weighted by molar-refractivity contribution is 7.45. The van der Waals surface area contributed by atoms with Crippen LogP contribution < -0.4 is 10.2 Å². The molecule has 3 atom stereocenters. The van der Waals surface area contributed by atoms with E-state index >= 15 is 0 Å². The van der Waals surface area contributed by atoms with Crippen LogP contribution in [0.4, 0.5) is 0 Å². The molecular formula is C67H125N2O7P. The van der Waals surface area contributed by atoms with Gasteiger partial charge in [-0.05, 0) is 76.7 Å². The molecule has 450 valence electrons. The second kappa shape index (κ2) is 57.0. The van der Waals surface area contributed by atoms with Crippen molar-refractivity contribution in [1.82, 2.24) is 5.32 Å². The van der Waals surface area contributed by atoms with Gasteiger partial charge in [0.15, 0.2) is 0 Å². The van der Waals surface area contributed by atoms with Gasteiger partial charge < -0.3 is 28.5 Å². The van der Waals surface area contributed by atoms with Crippen LogP contribution in [0.15, 0.2) is 60.8 Å². The van der Waals surface area contributed by atoms with Crippen molar-refractivity contribution >= 4 is 19.7 Å². The van der Waals surface area contributed by atoms with Crippen molar-refractivity contribution in [2.24, 2.45) is 0 Å². The third kappa shape index (κ3) is 58.2. The Morgan fingerprint density at radius 1 is 0.468 bits per heavy atom. The van der Waals surface area contributed by atoms with Crippen LogP contribution in [0.3, 0.4) is 0 Å². The predicted molar refractivity (Wildman–Crippen MR) is 330 cm³/mol. The normalized spacial score (nSPS) is 14.0. The lowest BCUT2D eigenvalue weighted by Crippen LogP contribution is -2.47. The summed E-state index contributed by atoms with van der Waals surface area (Å²) >= 11 is 0. The number of unbranched alkanes of at least 4 members (excludes halogenated alkanes) is 37. The molecule has 0 aliphatic rings. The Hall–Kier alpha value is -2.29. The molecule has 77 heavy (non-hydrogen) atoms. The average Bonchev–Trinajstić information content (AvgIpc) is 3.39. The van der Waals surface area contributed by atoms with E-state index in [9.17, 15) is 19.0 Å². The topological polar surface area (TPSA) is 114 Å². The van der Waals surface area contributed by atoms with Gasteiger partial charge >= 0.3 is 5.97 Å². The van der Waals surface area contributed by atoms with Crippen molar-refractivity contribution in [3.63, 3.8) is 0 Å². The van der Waals surface area contributed by atoms with E-state index in [0.717, 1.165) is 77.0 Å². The summed E-state index contributed by atoms with van der Waals surface area (Å²) in [6.07, 6.45) is 72.1. The third-order valence-corrected chi connectivity index (χ3v) is 15.5. The molecule has 0 bridgehead atoms. The first-order chi connectivity index (χ1) is 37.4. The van der Waals surface area contributed by atoms with Crippen LogP contribution in [0.2, 0.25) is 0 Å². The minimum atomic E-state index is -4.70. The summed E-state index contributed by atoms with van der Waals surface area (Å²) in [6, 6.07) is -0.896. The van der Waals surface area contributed by atoms with E-state index in [-0.39, 0.29) is 24.9 Å². The lowest BCUT2D eigenvalue weighted by Gasteiger charge is -2.30. The standard InChI is InChI=1S/C67H125N2O7P/c1-7-10-13-16-19-22-25-27-28-29-30-31-32-33-34-35-36-37-38-39-40-42-44-47-50-53-56-59-66(70)68-64(63-75-77(72,73)74-62-61-69(4,5)6)65(58-55-52-49-46-43-24-21-18-15-12-9-3)76-67(71)60-57-54-51-48-45-41-26-23-20-17-14-11-8-2/h11,14,17,20,23,26-28,55,58,64-65H,7-10,12-13,15-16,18-19,21-22,24-25,29-54,56-57,59-63H2,1-6H3,(H-,68,70,72,73)/b14-11+,20-17+,26-23-,28-27+,58-55-. The highest BCUT2D eigenvalue weighted by Crippen LogP contribution is 2.38. The molecule has 3 unspecified atom stereocenters. The second-order valence-corrected chi connectivity index (χ2v) is 24.7. The predicted octanol–water partition coefficient (Wildman–Crippen LogP) is 19.6. The van der Waals surface area contributed by atoms with E-state index in [4.69, 9.17) is 13.8 Å². The molecule has 0 radical (unpaired) electrons. The molecule has 0 fully saturated rings. The first kappa shape index (κ1) is 74.7. The van der Waals surface area contributed by atoms with Gasteiger partial charge in [-0.2, -0.15) is 0 Å². The van der Waals surface area contributed by atoms with Gasteiger partial charge in [-0.15, -0.1) is 0 Å². The van der Waals surface area contributed by atoms with Gasteiger partial charge in [-0.25, -0.2) is 0 Å². The van der Waals surface area contributed by atoms with E-state index < -0.39 is 26.6 Å². The van der Waals surface area contributed by atoms with Gasteiger partial charge in [-0.1, -0.05) is 275 Å². The number of ether oxygens (including phenoxy) is 1. The van der Waals surface area contributed by atoms with E-state index in [1.54, 1.807) is 0 Å². The molecule has 9 nitrogen and oxygen atoms in total. The van der Waals surface area contributed by atoms with Gasteiger partial charge in [0.1, 0.15) is 19.3 Å². The molecule has 0 spiro atoms. The van der Waals surface area contributed by atoms with Crippen LogP contribution in [-0.4, -0.2) is 69.4 Å². The molecule has 10 heteroatoms. The number of rotatable bonds is 59. The number of carbonyl (C=O) groups excluding carboxylic acids is 2. The monoisotopic (exact) mass is 1100 g/mol. The highest BCUT2D eigenvalue weighted by Gasteiger charge is 2.27. The number of hydrogen-bond acceptors (Lipinski definition) is 7. The highest BCUT2D eigenvalue weighted by atomic mass is 31.2. The summed E-state index contributed by atoms with van der Waals surface area (Å²) in [4.78, 5) is 39.9. The fourth-order valence-corrected chi connectivity index (χ4v) is 10.2. The number of quaternary nitrogens is 1. The van der Waals surface area contributed by atoms with E-state index in [1.165, 1.54) is 186 Å². The van der Waals surface area contributed by atoms with Crippen LogP contribution in [-0.2, 0) is 27.9 Å². The smallest absolute Gasteiger partial charge is 0.306 e. The molecular weight excluding hydrogens is 976 g/mol. The summed E-state index contributed by atoms with van der Waals surface area (Å²) in [5.41, 5.74) is 0. The first-order valence-corrected chi connectivity index (χ1v) is 34.1. The Balaban J connectivity index is 4.97. The van der Waals surface area contributed by atoms with Crippen molar-refractivity contribution in [1.29, 1.82) is 0 Å². The van der Waals surface area contributed by atoms with Crippen molar-refractivity contribution in [2.45, 2.75) is 315 Å². The molecule has 1 N–H and O–H groups in total. The largest absolute Gasteiger partial charge is 0.756 e. The molecule has 0 saturated heterocycles. The number of phosphoric acid groups is 1. The van der Waals surface area contributed by atoms with Crippen LogP contribution in [0.5, 0.6) is 0 Å². The Kier molecular flexibility index (Phi) is 55.3. The maximum atomic E-state index is 13.5. The molecule has 1 amide bonds. The second-order valence-electron chi connectivity index (χ2n) is 23.3. The lowest BCUT2D eigenvalue weighted by molar-refractivity contribution is -0.870. The number of amides is 1. The average molecular weight is 1100 g/mol. The zero-order valence-electron chi connectivity index (χ0n) is 51.4. The number of nitrogens with one attached hydrogen (secondary N) is 1. The SMILES string of the molecule is CC/C=C/C=C/C=C\CCCCCCCC(=O)OC(/C=C\CCCCCCCCCCC)C(COP(=O)([O-])OCC[N+](C)(C)C)NC(=O)CCCCCCCCCCCCCCCCCCC/C=C/CCCCCCCC. The number of likely N-dealkylation sites (N-methyl/N-ethyl adjacent to an activating group) is 1. The number of nitrogens with zero attached hydrogens (tertiary/aromatic N) is 1. The molecule has 0 aromatic carbocycles. The summed E-state index contributed by atoms with van der Waals surface area (Å²) < 4.78 is 30.3. The maximum Gasteiger partial charge on any atom is 0.306 e. The number of phosphoric ester groups is 1. The molecule has 0 aliphatic heterocycles. The minimum absolute atomic E-state index is 0.0261. The summed E-state index contributed by atoms with van der Waals surface area (Å²) in [5, 5.41) is 3.03. The number of carbonyl (C=O) groups is 2. The summed E-state index contributed by atoms with van der Waals surface area (Å²) in [7, 11) is 1.18. The zero-order valence-corrected chi connectivity index (χ0v) is 52.3. The van der Waals surface area contributed by atoms with Gasteiger partial charge in [0, 0.05) is 12.8 Å². The maximum absolute atomic E-state index is 13.5. The molecule has 0 rings (SSSR count). The summed E-state index contributed by atoms with van der Waals surface area (Å²) in [5.74, 6) is -0.558. The van der Waals surface area contributed by atoms with E-state index in [1.807, 2.05) is 33.3 Å². The quantitative estimate of drug-likeness (QED) is 0.0161. The van der Waals surface area contributed by atoms with Gasteiger partial charge in [-0.3, -0.25) is 14.2 Å². The molecule has 0 heterocycles. The van der Waals surface area contributed by atoms with Crippen LogP contribution >= 0.6 is 7.82 Å². The van der Waals surface area contributed by atoms with Crippen molar-refractivity contribution in [2.75, 3.05) is 40.9 Å². The molecule has 0 aliphatic carbocycles. The van der Waals surface area contributed by atoms with Crippen LogP contribution in [0.25, 0.3) is 0 Å². The van der Waals surface area contributed by atoms with E-state index in [2.05, 4.69) is 74.7 Å². The van der Waals surface area contributed by atoms with Gasteiger partial charge in [0.25, 0.3) is 7.82 Å². The van der Waals surface area contributed by atoms with Crippen molar-refractivity contribution in [3.8, 4) is 0 Å². The number of allylic oxidation sites excluding steroid dienone is 9. The summed E-state index contributed by atoms with van der Waals surface area (Å²) in [6.45, 7) is 6.71. The molecule has 0 aromatic heterocycles. The Labute approximate surface area is 477 Å². The number of esters is 1. The van der Waals surface area contributed by atoms with Crippen molar-refractivity contribution < 1.29 is 37.3 Å².